The number of aromatic nitrogens is 1. The first kappa shape index (κ1) is 19.9. The number of nitrogens with one attached hydrogen (secondary N) is 2. The zero-order valence-electron chi connectivity index (χ0n) is 16.6. The Bertz CT molecular complexity index is 1080. The Morgan fingerprint density at radius 1 is 1.10 bits per heavy atom. The van der Waals surface area contributed by atoms with E-state index in [1.165, 1.54) is 16.9 Å². The normalized spacial score (nSPS) is 14.8. The van der Waals surface area contributed by atoms with E-state index >= 15 is 0 Å². The van der Waals surface area contributed by atoms with E-state index in [4.69, 9.17) is 9.47 Å². The highest BCUT2D eigenvalue weighted by molar-refractivity contribution is 7.17. The summed E-state index contributed by atoms with van der Waals surface area (Å²) in [6.45, 7) is 3.94. The molecule has 0 saturated heterocycles. The van der Waals surface area contributed by atoms with Gasteiger partial charge in [-0.15, -0.1) is 11.3 Å². The molecule has 0 spiro atoms. The van der Waals surface area contributed by atoms with Crippen LogP contribution in [-0.2, 0) is 11.2 Å². The van der Waals surface area contributed by atoms with E-state index < -0.39 is 17.9 Å². The molecule has 2 amide bonds. The van der Waals surface area contributed by atoms with Gasteiger partial charge in [0.1, 0.15) is 16.5 Å². The average molecular weight is 423 g/mol. The van der Waals surface area contributed by atoms with Crippen LogP contribution in [-0.4, -0.2) is 29.5 Å². The highest BCUT2D eigenvalue weighted by Crippen LogP contribution is 2.31. The molecule has 7 nitrogen and oxygen atoms in total. The van der Waals surface area contributed by atoms with Gasteiger partial charge in [0.15, 0.2) is 11.5 Å². The SMILES string of the molecule is CCc1ccc(-c2nc(C)c(C(=O)NNC(=O)C3COc4ccccc4O3)s2)cc1. The number of fused-ring (bicyclic) bond motifs is 1. The van der Waals surface area contributed by atoms with Gasteiger partial charge in [-0.3, -0.25) is 20.4 Å². The van der Waals surface area contributed by atoms with Gasteiger partial charge in [-0.05, 0) is 31.0 Å². The van der Waals surface area contributed by atoms with E-state index in [1.54, 1.807) is 25.1 Å². The molecule has 30 heavy (non-hydrogen) atoms. The summed E-state index contributed by atoms with van der Waals surface area (Å²) in [4.78, 5) is 29.9. The summed E-state index contributed by atoms with van der Waals surface area (Å²) in [6, 6.07) is 15.2. The van der Waals surface area contributed by atoms with Crippen molar-refractivity contribution in [3.63, 3.8) is 0 Å². The van der Waals surface area contributed by atoms with Crippen molar-refractivity contribution in [1.29, 1.82) is 0 Å². The van der Waals surface area contributed by atoms with Crippen LogP contribution >= 0.6 is 11.3 Å². The summed E-state index contributed by atoms with van der Waals surface area (Å²) in [5.74, 6) is 0.167. The molecule has 0 radical (unpaired) electrons. The van der Waals surface area contributed by atoms with Crippen molar-refractivity contribution in [2.75, 3.05) is 6.61 Å². The topological polar surface area (TPSA) is 89.6 Å². The monoisotopic (exact) mass is 423 g/mol. The lowest BCUT2D eigenvalue weighted by atomic mass is 10.1. The maximum Gasteiger partial charge on any atom is 0.283 e. The molecule has 3 aromatic rings. The Morgan fingerprint density at radius 2 is 1.83 bits per heavy atom. The molecular formula is C22H21N3O4S. The number of hydrogen-bond donors (Lipinski definition) is 2. The van der Waals surface area contributed by atoms with Crippen molar-refractivity contribution >= 4 is 23.2 Å². The maximum absolute atomic E-state index is 12.6. The van der Waals surface area contributed by atoms with Crippen molar-refractivity contribution < 1.29 is 19.1 Å². The van der Waals surface area contributed by atoms with Crippen molar-refractivity contribution in [3.05, 3.63) is 64.7 Å². The van der Waals surface area contributed by atoms with Crippen LogP contribution in [0.4, 0.5) is 0 Å². The number of rotatable bonds is 4. The van der Waals surface area contributed by atoms with Crippen LogP contribution in [0.2, 0.25) is 0 Å². The van der Waals surface area contributed by atoms with Crippen molar-refractivity contribution in [1.82, 2.24) is 15.8 Å². The minimum atomic E-state index is -0.851. The Labute approximate surface area is 178 Å². The molecule has 0 bridgehead atoms. The number of aryl methyl sites for hydroxylation is 2. The Balaban J connectivity index is 1.38. The highest BCUT2D eigenvalue weighted by Gasteiger charge is 2.28. The first-order valence-corrected chi connectivity index (χ1v) is 10.4. The van der Waals surface area contributed by atoms with Gasteiger partial charge in [0.2, 0.25) is 6.10 Å². The zero-order chi connectivity index (χ0) is 21.1. The Kier molecular flexibility index (Phi) is 5.67. The number of hydrazine groups is 1. The molecule has 1 atom stereocenters. The number of benzene rings is 2. The van der Waals surface area contributed by atoms with Gasteiger partial charge >= 0.3 is 0 Å². The standard InChI is InChI=1S/C22H21N3O4S/c1-3-14-8-10-15(11-9-14)22-23-13(2)19(30-22)21(27)25-24-20(26)18-12-28-16-6-4-5-7-17(16)29-18/h4-11,18H,3,12H2,1-2H3,(H,24,26)(H,25,27). The van der Waals surface area contributed by atoms with Crippen LogP contribution in [0.25, 0.3) is 10.6 Å². The number of amides is 2. The largest absolute Gasteiger partial charge is 0.485 e. The van der Waals surface area contributed by atoms with Crippen molar-refractivity contribution in [2.45, 2.75) is 26.4 Å². The molecular weight excluding hydrogens is 402 g/mol. The predicted octanol–water partition coefficient (Wildman–Crippen LogP) is 3.28. The Morgan fingerprint density at radius 3 is 2.57 bits per heavy atom. The summed E-state index contributed by atoms with van der Waals surface area (Å²) in [5.41, 5.74) is 7.65. The highest BCUT2D eigenvalue weighted by atomic mass is 32.1. The van der Waals surface area contributed by atoms with Crippen LogP contribution < -0.4 is 20.3 Å². The third-order valence-electron chi connectivity index (χ3n) is 4.71. The fourth-order valence-corrected chi connectivity index (χ4v) is 3.98. The van der Waals surface area contributed by atoms with E-state index in [0.717, 1.165) is 17.0 Å². The van der Waals surface area contributed by atoms with E-state index in [1.807, 2.05) is 18.2 Å². The molecule has 1 aromatic heterocycles. The smallest absolute Gasteiger partial charge is 0.283 e. The number of para-hydroxylation sites is 2. The second-order valence-electron chi connectivity index (χ2n) is 6.79. The van der Waals surface area contributed by atoms with E-state index in [2.05, 4.69) is 34.9 Å². The van der Waals surface area contributed by atoms with Crippen molar-refractivity contribution in [3.8, 4) is 22.1 Å². The average Bonchev–Trinajstić information content (AvgIpc) is 3.18. The first-order valence-electron chi connectivity index (χ1n) is 9.60. The number of hydrogen-bond acceptors (Lipinski definition) is 6. The van der Waals surface area contributed by atoms with Gasteiger partial charge in [-0.1, -0.05) is 43.3 Å². The fourth-order valence-electron chi connectivity index (χ4n) is 3.02. The van der Waals surface area contributed by atoms with E-state index in [-0.39, 0.29) is 6.61 Å². The van der Waals surface area contributed by atoms with Crippen molar-refractivity contribution in [2.24, 2.45) is 0 Å². The van der Waals surface area contributed by atoms with Gasteiger partial charge in [0, 0.05) is 5.56 Å². The molecule has 1 unspecified atom stereocenters. The van der Waals surface area contributed by atoms with Crippen LogP contribution in [0.1, 0.15) is 27.9 Å². The van der Waals surface area contributed by atoms with Gasteiger partial charge < -0.3 is 9.47 Å². The maximum atomic E-state index is 12.6. The molecule has 0 aliphatic carbocycles. The van der Waals surface area contributed by atoms with Gasteiger partial charge in [0.05, 0.1) is 5.69 Å². The lowest BCUT2D eigenvalue weighted by molar-refractivity contribution is -0.131. The van der Waals surface area contributed by atoms with Gasteiger partial charge in [0.25, 0.3) is 11.8 Å². The lowest BCUT2D eigenvalue weighted by Crippen LogP contribution is -2.50. The predicted molar refractivity (Wildman–Crippen MR) is 114 cm³/mol. The molecule has 1 aliphatic rings. The number of carbonyl (C=O) groups is 2. The minimum absolute atomic E-state index is 0.0657. The summed E-state index contributed by atoms with van der Waals surface area (Å²) in [6.07, 6.45) is 0.113. The summed E-state index contributed by atoms with van der Waals surface area (Å²) < 4.78 is 11.2. The summed E-state index contributed by atoms with van der Waals surface area (Å²) >= 11 is 1.28. The summed E-state index contributed by atoms with van der Waals surface area (Å²) in [7, 11) is 0. The third kappa shape index (κ3) is 4.13. The molecule has 2 heterocycles. The van der Waals surface area contributed by atoms with Crippen LogP contribution in [0.3, 0.4) is 0 Å². The van der Waals surface area contributed by atoms with E-state index in [9.17, 15) is 9.59 Å². The number of carbonyl (C=O) groups excluding carboxylic acids is 2. The van der Waals surface area contributed by atoms with Gasteiger partial charge in [-0.2, -0.15) is 0 Å². The van der Waals surface area contributed by atoms with Crippen LogP contribution in [0.15, 0.2) is 48.5 Å². The Hall–Kier alpha value is -3.39. The molecule has 1 aliphatic heterocycles. The number of nitrogens with zero attached hydrogens (tertiary/aromatic N) is 1. The molecule has 4 rings (SSSR count). The number of ether oxygens (including phenoxy) is 2. The lowest BCUT2D eigenvalue weighted by Gasteiger charge is -2.25. The first-order chi connectivity index (χ1) is 14.5. The van der Waals surface area contributed by atoms with E-state index in [0.29, 0.717) is 22.1 Å². The van der Waals surface area contributed by atoms with Crippen LogP contribution in [0.5, 0.6) is 11.5 Å². The molecule has 2 aromatic carbocycles. The number of thiazole rings is 1. The molecule has 8 heteroatoms. The molecule has 0 saturated carbocycles. The molecule has 2 N–H and O–H groups in total. The molecule has 154 valence electrons. The summed E-state index contributed by atoms with van der Waals surface area (Å²) in [5, 5.41) is 0.757. The second kappa shape index (κ2) is 8.54. The quantitative estimate of drug-likeness (QED) is 0.629. The second-order valence-corrected chi connectivity index (χ2v) is 7.79. The third-order valence-corrected chi connectivity index (χ3v) is 5.92. The zero-order valence-corrected chi connectivity index (χ0v) is 17.4. The van der Waals surface area contributed by atoms with Crippen LogP contribution in [0, 0.1) is 6.92 Å². The minimum Gasteiger partial charge on any atom is -0.485 e. The van der Waals surface area contributed by atoms with Gasteiger partial charge in [-0.25, -0.2) is 4.98 Å². The fraction of sp³-hybridized carbons (Fsp3) is 0.227. The molecule has 0 fully saturated rings.